The molecular formula is C17H27N3O. The van der Waals surface area contributed by atoms with Gasteiger partial charge in [0.15, 0.2) is 0 Å². The van der Waals surface area contributed by atoms with Gasteiger partial charge in [0.05, 0.1) is 0 Å². The molecular weight excluding hydrogens is 262 g/mol. The van der Waals surface area contributed by atoms with Crippen LogP contribution in [0.4, 0.5) is 0 Å². The number of likely N-dealkylation sites (N-methyl/N-ethyl adjacent to an activating group) is 1. The van der Waals surface area contributed by atoms with E-state index in [9.17, 15) is 4.79 Å². The average molecular weight is 289 g/mol. The molecule has 2 rings (SSSR count). The van der Waals surface area contributed by atoms with Gasteiger partial charge in [0, 0.05) is 45.7 Å². The zero-order valence-corrected chi connectivity index (χ0v) is 13.3. The quantitative estimate of drug-likeness (QED) is 0.797. The first-order valence-electron chi connectivity index (χ1n) is 7.91. The Bertz CT molecular complexity index is 427. The molecule has 0 bridgehead atoms. The van der Waals surface area contributed by atoms with Crippen LogP contribution in [0.5, 0.6) is 0 Å². The van der Waals surface area contributed by atoms with Gasteiger partial charge in [0.2, 0.25) is 5.91 Å². The SMILES string of the molecule is CCN1CCN(C(=O)CCN(C)Cc2ccccc2)CC1. The summed E-state index contributed by atoms with van der Waals surface area (Å²) in [6.45, 7) is 8.78. The zero-order chi connectivity index (χ0) is 15.1. The number of rotatable bonds is 6. The molecule has 1 fully saturated rings. The van der Waals surface area contributed by atoms with Crippen LogP contribution in [0.2, 0.25) is 0 Å². The van der Waals surface area contributed by atoms with Gasteiger partial charge in [-0.25, -0.2) is 0 Å². The van der Waals surface area contributed by atoms with Crippen molar-refractivity contribution >= 4 is 5.91 Å². The number of hydrogen-bond acceptors (Lipinski definition) is 3. The summed E-state index contributed by atoms with van der Waals surface area (Å²) in [4.78, 5) is 18.9. The Morgan fingerprint density at radius 3 is 2.43 bits per heavy atom. The van der Waals surface area contributed by atoms with Crippen LogP contribution in [0.3, 0.4) is 0 Å². The molecule has 0 unspecified atom stereocenters. The van der Waals surface area contributed by atoms with Crippen molar-refractivity contribution in [3.63, 3.8) is 0 Å². The molecule has 1 heterocycles. The molecule has 0 N–H and O–H groups in total. The predicted octanol–water partition coefficient (Wildman–Crippen LogP) is 1.67. The molecule has 0 spiro atoms. The Labute approximate surface area is 128 Å². The Balaban J connectivity index is 1.69. The maximum Gasteiger partial charge on any atom is 0.223 e. The minimum Gasteiger partial charge on any atom is -0.340 e. The van der Waals surface area contributed by atoms with Gasteiger partial charge in [-0.1, -0.05) is 37.3 Å². The number of hydrogen-bond donors (Lipinski definition) is 0. The maximum absolute atomic E-state index is 12.2. The van der Waals surface area contributed by atoms with Gasteiger partial charge < -0.3 is 14.7 Å². The molecule has 116 valence electrons. The van der Waals surface area contributed by atoms with Crippen LogP contribution in [0.15, 0.2) is 30.3 Å². The zero-order valence-electron chi connectivity index (χ0n) is 13.3. The molecule has 1 aromatic rings. The lowest BCUT2D eigenvalue weighted by Gasteiger charge is -2.34. The van der Waals surface area contributed by atoms with E-state index >= 15 is 0 Å². The summed E-state index contributed by atoms with van der Waals surface area (Å²) in [6.07, 6.45) is 0.620. The third kappa shape index (κ3) is 5.14. The highest BCUT2D eigenvalue weighted by Gasteiger charge is 2.19. The van der Waals surface area contributed by atoms with Crippen molar-refractivity contribution in [2.24, 2.45) is 0 Å². The van der Waals surface area contributed by atoms with Crippen molar-refractivity contribution in [1.29, 1.82) is 0 Å². The molecule has 0 aliphatic carbocycles. The van der Waals surface area contributed by atoms with Crippen LogP contribution in [-0.4, -0.2) is 66.9 Å². The van der Waals surface area contributed by atoms with Crippen molar-refractivity contribution in [2.45, 2.75) is 19.9 Å². The average Bonchev–Trinajstić information content (AvgIpc) is 2.53. The first-order chi connectivity index (χ1) is 10.2. The monoisotopic (exact) mass is 289 g/mol. The third-order valence-corrected chi connectivity index (χ3v) is 4.17. The van der Waals surface area contributed by atoms with Crippen molar-refractivity contribution in [3.05, 3.63) is 35.9 Å². The fraction of sp³-hybridized carbons (Fsp3) is 0.588. The van der Waals surface area contributed by atoms with E-state index in [1.165, 1.54) is 5.56 Å². The molecule has 1 amide bonds. The standard InChI is InChI=1S/C17H27N3O/c1-3-19-11-13-20(14-12-19)17(21)9-10-18(2)15-16-7-5-4-6-8-16/h4-8H,3,9-15H2,1-2H3. The smallest absolute Gasteiger partial charge is 0.223 e. The van der Waals surface area contributed by atoms with Crippen LogP contribution < -0.4 is 0 Å². The number of nitrogens with zero attached hydrogens (tertiary/aromatic N) is 3. The Hall–Kier alpha value is -1.39. The second kappa shape index (κ2) is 8.15. The predicted molar refractivity (Wildman–Crippen MR) is 86.1 cm³/mol. The summed E-state index contributed by atoms with van der Waals surface area (Å²) in [5, 5.41) is 0. The second-order valence-corrected chi connectivity index (χ2v) is 5.79. The van der Waals surface area contributed by atoms with Gasteiger partial charge in [0.25, 0.3) is 0 Å². The first-order valence-corrected chi connectivity index (χ1v) is 7.91. The summed E-state index contributed by atoms with van der Waals surface area (Å²) < 4.78 is 0. The Morgan fingerprint density at radius 2 is 1.81 bits per heavy atom. The lowest BCUT2D eigenvalue weighted by Crippen LogP contribution is -2.48. The van der Waals surface area contributed by atoms with E-state index in [1.807, 2.05) is 11.0 Å². The van der Waals surface area contributed by atoms with Gasteiger partial charge in [-0.3, -0.25) is 4.79 Å². The van der Waals surface area contributed by atoms with Crippen molar-refractivity contribution in [3.8, 4) is 0 Å². The molecule has 21 heavy (non-hydrogen) atoms. The molecule has 4 nitrogen and oxygen atoms in total. The maximum atomic E-state index is 12.2. The van der Waals surface area contributed by atoms with E-state index in [1.54, 1.807) is 0 Å². The lowest BCUT2D eigenvalue weighted by atomic mass is 10.2. The Morgan fingerprint density at radius 1 is 1.14 bits per heavy atom. The molecule has 0 aromatic heterocycles. The van der Waals surface area contributed by atoms with Gasteiger partial charge in [-0.05, 0) is 19.2 Å². The number of amides is 1. The molecule has 4 heteroatoms. The minimum absolute atomic E-state index is 0.297. The topological polar surface area (TPSA) is 26.8 Å². The molecule has 0 atom stereocenters. The van der Waals surface area contributed by atoms with E-state index in [0.29, 0.717) is 12.3 Å². The Kier molecular flexibility index (Phi) is 6.21. The minimum atomic E-state index is 0.297. The van der Waals surface area contributed by atoms with E-state index < -0.39 is 0 Å². The summed E-state index contributed by atoms with van der Waals surface area (Å²) in [7, 11) is 2.08. The lowest BCUT2D eigenvalue weighted by molar-refractivity contribution is -0.133. The fourth-order valence-electron chi connectivity index (χ4n) is 2.73. The van der Waals surface area contributed by atoms with Crippen LogP contribution in [-0.2, 0) is 11.3 Å². The second-order valence-electron chi connectivity index (χ2n) is 5.79. The molecule has 0 radical (unpaired) electrons. The molecule has 1 aromatic carbocycles. The van der Waals surface area contributed by atoms with Gasteiger partial charge in [-0.15, -0.1) is 0 Å². The van der Waals surface area contributed by atoms with Crippen molar-refractivity contribution in [1.82, 2.24) is 14.7 Å². The third-order valence-electron chi connectivity index (χ3n) is 4.17. The van der Waals surface area contributed by atoms with Gasteiger partial charge >= 0.3 is 0 Å². The van der Waals surface area contributed by atoms with Crippen LogP contribution in [0, 0.1) is 0 Å². The van der Waals surface area contributed by atoms with E-state index in [2.05, 4.69) is 48.0 Å². The van der Waals surface area contributed by atoms with E-state index in [4.69, 9.17) is 0 Å². The molecule has 1 saturated heterocycles. The normalized spacial score (nSPS) is 16.4. The van der Waals surface area contributed by atoms with E-state index in [-0.39, 0.29) is 0 Å². The van der Waals surface area contributed by atoms with Crippen LogP contribution >= 0.6 is 0 Å². The summed E-state index contributed by atoms with van der Waals surface area (Å²) in [5.74, 6) is 0.297. The number of benzene rings is 1. The number of piperazine rings is 1. The number of carbonyl (C=O) groups excluding carboxylic acids is 1. The summed E-state index contributed by atoms with van der Waals surface area (Å²) in [5.41, 5.74) is 1.30. The van der Waals surface area contributed by atoms with E-state index in [0.717, 1.165) is 45.8 Å². The molecule has 1 aliphatic rings. The molecule has 0 saturated carbocycles. The van der Waals surface area contributed by atoms with Gasteiger partial charge in [-0.2, -0.15) is 0 Å². The highest BCUT2D eigenvalue weighted by Crippen LogP contribution is 2.06. The van der Waals surface area contributed by atoms with Crippen LogP contribution in [0.25, 0.3) is 0 Å². The first kappa shape index (κ1) is 16.0. The van der Waals surface area contributed by atoms with Crippen molar-refractivity contribution < 1.29 is 4.79 Å². The van der Waals surface area contributed by atoms with Gasteiger partial charge in [0.1, 0.15) is 0 Å². The van der Waals surface area contributed by atoms with Crippen LogP contribution in [0.1, 0.15) is 18.9 Å². The fourth-order valence-corrected chi connectivity index (χ4v) is 2.73. The molecule has 1 aliphatic heterocycles. The largest absolute Gasteiger partial charge is 0.340 e. The summed E-state index contributed by atoms with van der Waals surface area (Å²) in [6, 6.07) is 10.4. The van der Waals surface area contributed by atoms with Crippen molar-refractivity contribution in [2.75, 3.05) is 46.3 Å². The number of carbonyl (C=O) groups is 1. The summed E-state index contributed by atoms with van der Waals surface area (Å²) >= 11 is 0. The highest BCUT2D eigenvalue weighted by molar-refractivity contribution is 5.76. The highest BCUT2D eigenvalue weighted by atomic mass is 16.2.